The third-order valence-electron chi connectivity index (χ3n) is 4.12. The van der Waals surface area contributed by atoms with E-state index in [9.17, 15) is 9.59 Å². The monoisotopic (exact) mass is 337 g/mol. The van der Waals surface area contributed by atoms with Gasteiger partial charge in [-0.05, 0) is 45.9 Å². The summed E-state index contributed by atoms with van der Waals surface area (Å²) in [5, 5.41) is 6.55. The van der Waals surface area contributed by atoms with Crippen molar-refractivity contribution in [3.8, 4) is 0 Å². The average molecular weight is 337 g/mol. The molecule has 0 unspecified atom stereocenters. The fourth-order valence-electron chi connectivity index (χ4n) is 3.21. The number of nitrogens with two attached hydrogens (primary N) is 1. The second-order valence-electron chi connectivity index (χ2n) is 6.94. The minimum absolute atomic E-state index is 0.130. The van der Waals surface area contributed by atoms with Gasteiger partial charge in [0, 0.05) is 34.7 Å². The fourth-order valence-corrected chi connectivity index (χ4v) is 3.21. The summed E-state index contributed by atoms with van der Waals surface area (Å²) >= 11 is 0. The van der Waals surface area contributed by atoms with Crippen LogP contribution in [0.15, 0.2) is 30.3 Å². The molecule has 0 atom stereocenters. The van der Waals surface area contributed by atoms with Crippen LogP contribution in [0.4, 0.5) is 17.1 Å². The molecule has 4 N–H and O–H groups in total. The largest absolute Gasteiger partial charge is 0.398 e. The molecule has 0 amide bonds. The number of anilines is 3. The summed E-state index contributed by atoms with van der Waals surface area (Å²) in [7, 11) is 0. The van der Waals surface area contributed by atoms with Crippen LogP contribution in [0.1, 0.15) is 59.5 Å². The van der Waals surface area contributed by atoms with Gasteiger partial charge in [0.25, 0.3) is 0 Å². The number of benzene rings is 2. The Morgan fingerprint density at radius 2 is 1.28 bits per heavy atom. The van der Waals surface area contributed by atoms with Crippen LogP contribution in [-0.2, 0) is 0 Å². The SMILES string of the molecule is CC(C)Nc1ccc(NC(C)C)c2c1C(=O)c1cccc(N)c1C2=O. The number of ketones is 2. The topological polar surface area (TPSA) is 84.2 Å². The van der Waals surface area contributed by atoms with E-state index >= 15 is 0 Å². The highest BCUT2D eigenvalue weighted by atomic mass is 16.1. The molecule has 5 nitrogen and oxygen atoms in total. The molecule has 130 valence electrons. The molecule has 1 aliphatic rings. The Bertz CT molecular complexity index is 869. The second-order valence-corrected chi connectivity index (χ2v) is 6.94. The fraction of sp³-hybridized carbons (Fsp3) is 0.300. The molecule has 0 radical (unpaired) electrons. The van der Waals surface area contributed by atoms with Gasteiger partial charge in [0.15, 0.2) is 11.6 Å². The van der Waals surface area contributed by atoms with Crippen LogP contribution in [-0.4, -0.2) is 23.7 Å². The molecule has 25 heavy (non-hydrogen) atoms. The van der Waals surface area contributed by atoms with E-state index < -0.39 is 0 Å². The molecule has 5 heteroatoms. The molecule has 1 aliphatic carbocycles. The van der Waals surface area contributed by atoms with Crippen LogP contribution in [0.5, 0.6) is 0 Å². The maximum atomic E-state index is 13.2. The van der Waals surface area contributed by atoms with Crippen molar-refractivity contribution in [1.29, 1.82) is 0 Å². The molecule has 3 rings (SSSR count). The maximum Gasteiger partial charge on any atom is 0.198 e. The zero-order chi connectivity index (χ0) is 18.3. The minimum Gasteiger partial charge on any atom is -0.398 e. The summed E-state index contributed by atoms with van der Waals surface area (Å²) in [4.78, 5) is 26.4. The van der Waals surface area contributed by atoms with Crippen molar-refractivity contribution < 1.29 is 9.59 Å². The molecule has 0 aliphatic heterocycles. The van der Waals surface area contributed by atoms with Gasteiger partial charge in [-0.2, -0.15) is 0 Å². The van der Waals surface area contributed by atoms with Gasteiger partial charge in [0.1, 0.15) is 0 Å². The minimum atomic E-state index is -0.210. The zero-order valence-corrected chi connectivity index (χ0v) is 14.9. The first-order valence-electron chi connectivity index (χ1n) is 8.49. The van der Waals surface area contributed by atoms with E-state index in [2.05, 4.69) is 10.6 Å². The first kappa shape index (κ1) is 17.0. The summed E-state index contributed by atoms with van der Waals surface area (Å²) in [5.41, 5.74) is 9.16. The van der Waals surface area contributed by atoms with Gasteiger partial charge in [-0.15, -0.1) is 0 Å². The number of nitrogen functional groups attached to an aromatic ring is 1. The van der Waals surface area contributed by atoms with Crippen LogP contribution >= 0.6 is 0 Å². The van der Waals surface area contributed by atoms with Crippen molar-refractivity contribution in [2.45, 2.75) is 39.8 Å². The Hall–Kier alpha value is -2.82. The predicted octanol–water partition coefficient (Wildman–Crippen LogP) is 3.68. The first-order chi connectivity index (χ1) is 11.8. The smallest absolute Gasteiger partial charge is 0.198 e. The summed E-state index contributed by atoms with van der Waals surface area (Å²) < 4.78 is 0. The normalized spacial score (nSPS) is 13.0. The highest BCUT2D eigenvalue weighted by molar-refractivity contribution is 6.33. The summed E-state index contributed by atoms with van der Waals surface area (Å²) in [6, 6.07) is 8.99. The molecular weight excluding hydrogens is 314 g/mol. The quantitative estimate of drug-likeness (QED) is 0.632. The average Bonchev–Trinajstić information content (AvgIpc) is 2.52. The standard InChI is InChI=1S/C20H23N3O2/c1-10(2)22-14-8-9-15(23-11(3)4)18-17(14)19(24)12-6-5-7-13(21)16(12)20(18)25/h5-11,22-23H,21H2,1-4H3. The highest BCUT2D eigenvalue weighted by Crippen LogP contribution is 2.38. The molecule has 2 aromatic rings. The van der Waals surface area contributed by atoms with Crippen molar-refractivity contribution in [3.05, 3.63) is 52.6 Å². The third kappa shape index (κ3) is 2.86. The molecule has 0 aromatic heterocycles. The molecular formula is C20H23N3O2. The molecule has 0 spiro atoms. The Kier molecular flexibility index (Phi) is 4.25. The highest BCUT2D eigenvalue weighted by Gasteiger charge is 2.35. The number of rotatable bonds is 4. The van der Waals surface area contributed by atoms with E-state index in [4.69, 9.17) is 5.73 Å². The number of fused-ring (bicyclic) bond motifs is 2. The van der Waals surface area contributed by atoms with Gasteiger partial charge in [-0.3, -0.25) is 9.59 Å². The lowest BCUT2D eigenvalue weighted by Gasteiger charge is -2.26. The molecule has 0 bridgehead atoms. The molecule has 2 aromatic carbocycles. The van der Waals surface area contributed by atoms with Gasteiger partial charge in [0.2, 0.25) is 0 Å². The number of hydrogen-bond donors (Lipinski definition) is 3. The van der Waals surface area contributed by atoms with E-state index in [0.29, 0.717) is 39.3 Å². The second kappa shape index (κ2) is 6.24. The van der Waals surface area contributed by atoms with Crippen molar-refractivity contribution in [2.24, 2.45) is 0 Å². The molecule has 0 heterocycles. The van der Waals surface area contributed by atoms with Crippen molar-refractivity contribution in [2.75, 3.05) is 16.4 Å². The van der Waals surface area contributed by atoms with Gasteiger partial charge < -0.3 is 16.4 Å². The van der Waals surface area contributed by atoms with Crippen molar-refractivity contribution in [1.82, 2.24) is 0 Å². The summed E-state index contributed by atoms with van der Waals surface area (Å²) in [6.45, 7) is 7.97. The van der Waals surface area contributed by atoms with Crippen LogP contribution < -0.4 is 16.4 Å². The number of nitrogens with one attached hydrogen (secondary N) is 2. The van der Waals surface area contributed by atoms with Gasteiger partial charge in [0.05, 0.1) is 16.7 Å². The third-order valence-corrected chi connectivity index (χ3v) is 4.12. The Labute approximate surface area is 147 Å². The van der Waals surface area contributed by atoms with E-state index in [-0.39, 0.29) is 23.7 Å². The molecule has 0 fully saturated rings. The lowest BCUT2D eigenvalue weighted by atomic mass is 9.81. The predicted molar refractivity (Wildman–Crippen MR) is 102 cm³/mol. The van der Waals surface area contributed by atoms with Gasteiger partial charge in [-0.1, -0.05) is 12.1 Å². The Balaban J connectivity index is 2.29. The van der Waals surface area contributed by atoms with Crippen molar-refractivity contribution in [3.63, 3.8) is 0 Å². The zero-order valence-electron chi connectivity index (χ0n) is 14.9. The Morgan fingerprint density at radius 1 is 0.760 bits per heavy atom. The van der Waals surface area contributed by atoms with Gasteiger partial charge in [-0.25, -0.2) is 0 Å². The lowest BCUT2D eigenvalue weighted by molar-refractivity contribution is 0.0980. The van der Waals surface area contributed by atoms with Crippen LogP contribution in [0.3, 0.4) is 0 Å². The molecule has 0 saturated carbocycles. The van der Waals surface area contributed by atoms with Crippen molar-refractivity contribution >= 4 is 28.6 Å². The molecule has 0 saturated heterocycles. The number of carbonyl (C=O) groups excluding carboxylic acids is 2. The van der Waals surface area contributed by atoms with E-state index in [0.717, 1.165) is 0 Å². The van der Waals surface area contributed by atoms with E-state index in [1.165, 1.54) is 0 Å². The Morgan fingerprint density at radius 3 is 1.80 bits per heavy atom. The number of hydrogen-bond acceptors (Lipinski definition) is 5. The maximum absolute atomic E-state index is 13.2. The lowest BCUT2D eigenvalue weighted by Crippen LogP contribution is -2.27. The van der Waals surface area contributed by atoms with E-state index in [1.807, 2.05) is 39.8 Å². The van der Waals surface area contributed by atoms with Gasteiger partial charge >= 0.3 is 0 Å². The summed E-state index contributed by atoms with van der Waals surface area (Å²) in [6.07, 6.45) is 0. The van der Waals surface area contributed by atoms with Crippen LogP contribution in [0.2, 0.25) is 0 Å². The van der Waals surface area contributed by atoms with Crippen LogP contribution in [0.25, 0.3) is 0 Å². The summed E-state index contributed by atoms with van der Waals surface area (Å²) in [5.74, 6) is -0.384. The van der Waals surface area contributed by atoms with Crippen LogP contribution in [0, 0.1) is 0 Å². The number of carbonyl (C=O) groups is 2. The first-order valence-corrected chi connectivity index (χ1v) is 8.49. The van der Waals surface area contributed by atoms with E-state index in [1.54, 1.807) is 18.2 Å².